The number of benzene rings is 1. The van der Waals surface area contributed by atoms with Crippen LogP contribution in [0.5, 0.6) is 5.75 Å². The number of rotatable bonds is 1. The summed E-state index contributed by atoms with van der Waals surface area (Å²) in [5.74, 6) is 0.983. The minimum Gasteiger partial charge on any atom is -0.417 e. The van der Waals surface area contributed by atoms with Crippen LogP contribution in [0.2, 0.25) is 0 Å². The molecule has 0 atom stereocenters. The summed E-state index contributed by atoms with van der Waals surface area (Å²) in [6.07, 6.45) is 1.06. The highest BCUT2D eigenvalue weighted by atomic mass is 127. The van der Waals surface area contributed by atoms with Crippen LogP contribution in [-0.2, 0) is 6.42 Å². The lowest BCUT2D eigenvalue weighted by Crippen LogP contribution is -1.79. The Morgan fingerprint density at radius 2 is 2.45 bits per heavy atom. The molecule has 1 heterocycles. The molecule has 0 spiro atoms. The lowest BCUT2D eigenvalue weighted by atomic mass is 10.1. The van der Waals surface area contributed by atoms with Crippen LogP contribution in [0.1, 0.15) is 12.5 Å². The Hall–Kier alpha value is -0.450. The van der Waals surface area contributed by atoms with Gasteiger partial charge in [-0.15, -0.1) is 0 Å². The zero-order valence-corrected chi connectivity index (χ0v) is 8.33. The highest BCUT2D eigenvalue weighted by Gasteiger charge is 2.08. The second-order valence-electron chi connectivity index (χ2n) is 2.39. The molecule has 11 heavy (non-hydrogen) atoms. The fourth-order valence-corrected chi connectivity index (χ4v) is 2.28. The van der Waals surface area contributed by atoms with Crippen molar-refractivity contribution < 1.29 is 3.07 Å². The molecule has 0 aromatic heterocycles. The first kappa shape index (κ1) is 7.21. The van der Waals surface area contributed by atoms with Gasteiger partial charge < -0.3 is 3.07 Å². The second kappa shape index (κ2) is 2.89. The van der Waals surface area contributed by atoms with Crippen LogP contribution in [-0.4, -0.2) is 0 Å². The molecule has 1 aliphatic heterocycles. The Kier molecular flexibility index (Phi) is 1.89. The van der Waals surface area contributed by atoms with Gasteiger partial charge in [0, 0.05) is 0 Å². The summed E-state index contributed by atoms with van der Waals surface area (Å²) in [7, 11) is 0. The largest absolute Gasteiger partial charge is 0.417 e. The van der Waals surface area contributed by atoms with Gasteiger partial charge in [0.2, 0.25) is 21.4 Å². The monoisotopic (exact) mass is 261 g/mol. The maximum atomic E-state index is 5.38. The molecule has 0 aliphatic carbocycles. The van der Waals surface area contributed by atoms with Gasteiger partial charge in [-0.2, -0.15) is 3.15 Å². The van der Waals surface area contributed by atoms with Crippen molar-refractivity contribution in [1.29, 1.82) is 0 Å². The molecule has 0 unspecified atom stereocenters. The molecule has 1 aliphatic rings. The Morgan fingerprint density at radius 1 is 1.55 bits per heavy atom. The van der Waals surface area contributed by atoms with Gasteiger partial charge in [0.1, 0.15) is 5.69 Å². The molecule has 0 bridgehead atoms. The molecule has 58 valence electrons. The normalized spacial score (nSPS) is 13.5. The quantitative estimate of drug-likeness (QED) is 0.710. The third-order valence-electron chi connectivity index (χ3n) is 1.68. The Morgan fingerprint density at radius 3 is 3.27 bits per heavy atom. The van der Waals surface area contributed by atoms with Gasteiger partial charge in [-0.1, -0.05) is 13.0 Å². The van der Waals surface area contributed by atoms with Crippen molar-refractivity contribution in [3.63, 3.8) is 0 Å². The lowest BCUT2D eigenvalue weighted by molar-refractivity contribution is 0.722. The molecule has 0 radical (unpaired) electrons. The van der Waals surface area contributed by atoms with E-state index in [4.69, 9.17) is 3.07 Å². The number of nitrogens with zero attached hydrogens (tertiary/aromatic N) is 1. The predicted octanol–water partition coefficient (Wildman–Crippen LogP) is 3.34. The van der Waals surface area contributed by atoms with Crippen molar-refractivity contribution in [3.8, 4) is 5.75 Å². The summed E-state index contributed by atoms with van der Waals surface area (Å²) in [5, 5.41) is 0. The second-order valence-corrected chi connectivity index (χ2v) is 3.70. The highest BCUT2D eigenvalue weighted by molar-refractivity contribution is 14.1. The lowest BCUT2D eigenvalue weighted by Gasteiger charge is -1.98. The predicted molar refractivity (Wildman–Crippen MR) is 52.6 cm³/mol. The molecule has 2 nitrogen and oxygen atoms in total. The smallest absolute Gasteiger partial charge is 0.238 e. The van der Waals surface area contributed by atoms with Crippen LogP contribution in [0.4, 0.5) is 5.69 Å². The first-order valence-electron chi connectivity index (χ1n) is 3.55. The van der Waals surface area contributed by atoms with E-state index in [1.165, 1.54) is 5.56 Å². The third kappa shape index (κ3) is 1.29. The molecule has 3 heteroatoms. The van der Waals surface area contributed by atoms with Crippen LogP contribution in [0.15, 0.2) is 21.3 Å². The summed E-state index contributed by atoms with van der Waals surface area (Å²) in [6.45, 7) is 2.14. The number of fused-ring (bicyclic) bond motifs is 1. The molecule has 0 N–H and O–H groups in total. The van der Waals surface area contributed by atoms with Crippen molar-refractivity contribution >= 4 is 27.1 Å². The average molecular weight is 261 g/mol. The maximum absolute atomic E-state index is 5.38. The van der Waals surface area contributed by atoms with Gasteiger partial charge in [0.25, 0.3) is 0 Å². The fourth-order valence-electron chi connectivity index (χ4n) is 1.00. The van der Waals surface area contributed by atoms with Gasteiger partial charge in [-0.05, 0) is 24.1 Å². The minimum absolute atomic E-state index is 0.381. The summed E-state index contributed by atoms with van der Waals surface area (Å²) >= 11 is -0.381. The number of aryl methyl sites for hydroxylation is 1. The molecule has 1 aromatic carbocycles. The molecular weight excluding hydrogens is 253 g/mol. The molecule has 1 aromatic rings. The van der Waals surface area contributed by atoms with Gasteiger partial charge >= 0.3 is 0 Å². The summed E-state index contributed by atoms with van der Waals surface area (Å²) in [6, 6.07) is 6.24. The van der Waals surface area contributed by atoms with E-state index < -0.39 is 0 Å². The van der Waals surface area contributed by atoms with Crippen LogP contribution < -0.4 is 3.07 Å². The highest BCUT2D eigenvalue weighted by Crippen LogP contribution is 2.39. The number of hydrogen-bond acceptors (Lipinski definition) is 2. The van der Waals surface area contributed by atoms with Crippen molar-refractivity contribution in [2.45, 2.75) is 13.3 Å². The molecular formula is C8H8INO. The molecule has 0 saturated carbocycles. The van der Waals surface area contributed by atoms with E-state index in [-0.39, 0.29) is 21.4 Å². The minimum atomic E-state index is -0.381. The number of hydrogen-bond donors (Lipinski definition) is 0. The van der Waals surface area contributed by atoms with E-state index in [0.717, 1.165) is 17.9 Å². The Balaban J connectivity index is 2.45. The van der Waals surface area contributed by atoms with Crippen LogP contribution in [0.25, 0.3) is 0 Å². The topological polar surface area (TPSA) is 21.6 Å². The SMILES string of the molecule is CCc1ccc2c(c1)OI=N2. The maximum Gasteiger partial charge on any atom is 0.238 e. The van der Waals surface area contributed by atoms with E-state index in [1.54, 1.807) is 0 Å². The molecule has 2 rings (SSSR count). The van der Waals surface area contributed by atoms with Crippen molar-refractivity contribution in [2.24, 2.45) is 3.15 Å². The van der Waals surface area contributed by atoms with E-state index >= 15 is 0 Å². The first-order valence-corrected chi connectivity index (χ1v) is 5.40. The van der Waals surface area contributed by atoms with Crippen molar-refractivity contribution in [1.82, 2.24) is 0 Å². The summed E-state index contributed by atoms with van der Waals surface area (Å²) < 4.78 is 9.65. The fraction of sp³-hybridized carbons (Fsp3) is 0.250. The molecule has 0 amide bonds. The zero-order chi connectivity index (χ0) is 7.68. The average Bonchev–Trinajstić information content (AvgIpc) is 2.50. The third-order valence-corrected chi connectivity index (χ3v) is 3.06. The van der Waals surface area contributed by atoms with Crippen molar-refractivity contribution in [3.05, 3.63) is 23.8 Å². The number of halogens is 1. The van der Waals surface area contributed by atoms with Gasteiger partial charge in [0.15, 0.2) is 5.75 Å². The standard InChI is InChI=1S/C8H8INO/c1-2-6-3-4-7-8(5-6)11-9-10-7/h3-5H,2H2,1H3. The zero-order valence-electron chi connectivity index (χ0n) is 6.17. The van der Waals surface area contributed by atoms with E-state index in [2.05, 4.69) is 22.2 Å². The first-order chi connectivity index (χ1) is 5.40. The summed E-state index contributed by atoms with van der Waals surface area (Å²) in [4.78, 5) is 0. The van der Waals surface area contributed by atoms with Crippen LogP contribution in [0, 0.1) is 0 Å². The van der Waals surface area contributed by atoms with E-state index in [0.29, 0.717) is 0 Å². The van der Waals surface area contributed by atoms with Crippen LogP contribution >= 0.6 is 21.4 Å². The molecule has 0 fully saturated rings. The van der Waals surface area contributed by atoms with Gasteiger partial charge in [0.05, 0.1) is 0 Å². The van der Waals surface area contributed by atoms with Crippen LogP contribution in [0.3, 0.4) is 0 Å². The van der Waals surface area contributed by atoms with E-state index in [9.17, 15) is 0 Å². The van der Waals surface area contributed by atoms with Gasteiger partial charge in [-0.3, -0.25) is 0 Å². The summed E-state index contributed by atoms with van der Waals surface area (Å²) in [5.41, 5.74) is 2.36. The Labute approximate surface area is 76.3 Å². The van der Waals surface area contributed by atoms with Gasteiger partial charge in [-0.25, -0.2) is 0 Å². The Bertz CT molecular complexity index is 309. The molecule has 0 saturated heterocycles. The van der Waals surface area contributed by atoms with E-state index in [1.807, 2.05) is 6.07 Å². The van der Waals surface area contributed by atoms with Crippen molar-refractivity contribution in [2.75, 3.05) is 0 Å².